The van der Waals surface area contributed by atoms with Crippen LogP contribution in [0.5, 0.6) is 0 Å². The molecule has 0 amide bonds. The van der Waals surface area contributed by atoms with Crippen molar-refractivity contribution in [3.63, 3.8) is 0 Å². The lowest BCUT2D eigenvalue weighted by Gasteiger charge is -2.30. The summed E-state index contributed by atoms with van der Waals surface area (Å²) >= 11 is 0. The molecule has 4 rings (SSSR count). The van der Waals surface area contributed by atoms with E-state index in [2.05, 4.69) is 24.3 Å². The molecule has 2 aliphatic rings. The highest BCUT2D eigenvalue weighted by Crippen LogP contribution is 2.43. The van der Waals surface area contributed by atoms with Crippen LogP contribution >= 0.6 is 0 Å². The largest absolute Gasteiger partial charge is 0.469 e. The van der Waals surface area contributed by atoms with Gasteiger partial charge >= 0.3 is 11.9 Å². The van der Waals surface area contributed by atoms with Gasteiger partial charge in [-0.2, -0.15) is 0 Å². The molecule has 0 aliphatic heterocycles. The topological polar surface area (TPSA) is 52.6 Å². The minimum atomic E-state index is -0.197. The zero-order chi connectivity index (χ0) is 18.3. The Morgan fingerprint density at radius 3 is 1.27 bits per heavy atom. The number of hydrogen-bond donors (Lipinski definition) is 0. The average Bonchev–Trinajstić information content (AvgIpc) is 2.65. The van der Waals surface area contributed by atoms with Gasteiger partial charge in [-0.3, -0.25) is 9.59 Å². The molecule has 2 aliphatic carbocycles. The number of hydrogen-bond acceptors (Lipinski definition) is 4. The maximum absolute atomic E-state index is 11.6. The van der Waals surface area contributed by atoms with E-state index in [4.69, 9.17) is 9.47 Å². The lowest BCUT2D eigenvalue weighted by atomic mass is 9.74. The van der Waals surface area contributed by atoms with E-state index in [1.807, 2.05) is 0 Å². The Morgan fingerprint density at radius 1 is 0.692 bits per heavy atom. The van der Waals surface area contributed by atoms with E-state index in [1.54, 1.807) is 0 Å². The summed E-state index contributed by atoms with van der Waals surface area (Å²) in [5.74, 6) is -0.394. The summed E-state index contributed by atoms with van der Waals surface area (Å²) in [7, 11) is 2.86. The predicted molar refractivity (Wildman–Crippen MR) is 98.1 cm³/mol. The number of benzene rings is 2. The van der Waals surface area contributed by atoms with Gasteiger partial charge in [0.05, 0.1) is 27.1 Å². The van der Waals surface area contributed by atoms with Crippen LogP contribution < -0.4 is 0 Å². The Hall–Kier alpha value is -2.62. The first kappa shape index (κ1) is 16.8. The highest BCUT2D eigenvalue weighted by molar-refractivity contribution is 5.83. The summed E-state index contributed by atoms with van der Waals surface area (Å²) in [4.78, 5) is 23.3. The average molecular weight is 350 g/mol. The van der Waals surface area contributed by atoms with Gasteiger partial charge in [-0.05, 0) is 70.2 Å². The molecule has 4 heteroatoms. The molecule has 0 fully saturated rings. The second-order valence-electron chi connectivity index (χ2n) is 7.08. The van der Waals surface area contributed by atoms with Gasteiger partial charge in [0.1, 0.15) is 0 Å². The lowest BCUT2D eigenvalue weighted by molar-refractivity contribution is -0.140. The smallest absolute Gasteiger partial charge is 0.309 e. The van der Waals surface area contributed by atoms with Gasteiger partial charge < -0.3 is 9.47 Å². The van der Waals surface area contributed by atoms with E-state index in [0.29, 0.717) is 12.8 Å². The van der Waals surface area contributed by atoms with Gasteiger partial charge in [-0.25, -0.2) is 0 Å². The third-order valence-corrected chi connectivity index (χ3v) is 5.45. The van der Waals surface area contributed by atoms with Crippen molar-refractivity contribution in [2.24, 2.45) is 0 Å². The molecule has 0 unspecified atom stereocenters. The fourth-order valence-electron chi connectivity index (χ4n) is 4.33. The molecule has 2 aromatic rings. The first-order chi connectivity index (χ1) is 12.6. The molecular formula is C22H22O4. The monoisotopic (exact) mass is 350 g/mol. The van der Waals surface area contributed by atoms with Crippen LogP contribution in [0.3, 0.4) is 0 Å². The molecule has 0 bridgehead atoms. The molecule has 134 valence electrons. The van der Waals surface area contributed by atoms with Crippen molar-refractivity contribution in [1.82, 2.24) is 0 Å². The first-order valence-corrected chi connectivity index (χ1v) is 9.02. The third-order valence-electron chi connectivity index (χ3n) is 5.45. The summed E-state index contributed by atoms with van der Waals surface area (Å²) in [6.07, 6.45) is 4.51. The number of methoxy groups -OCH3 is 2. The zero-order valence-corrected chi connectivity index (χ0v) is 15.2. The zero-order valence-electron chi connectivity index (χ0n) is 15.2. The minimum Gasteiger partial charge on any atom is -0.469 e. The number of rotatable bonds is 4. The minimum absolute atomic E-state index is 0.197. The first-order valence-electron chi connectivity index (χ1n) is 9.02. The van der Waals surface area contributed by atoms with E-state index in [-0.39, 0.29) is 11.9 Å². The molecule has 0 spiro atoms. The van der Waals surface area contributed by atoms with E-state index in [1.165, 1.54) is 47.6 Å². The van der Waals surface area contributed by atoms with Crippen molar-refractivity contribution in [3.05, 3.63) is 57.6 Å². The van der Waals surface area contributed by atoms with Crippen LogP contribution in [0.2, 0.25) is 0 Å². The standard InChI is InChI=1S/C22H22O4/c1-25-19(23)11-13-7-15-3-5-17-9-14(12-20(24)26-2)10-18-6-4-16(8-13)21(15)22(17)18/h7-10H,3-6,11-12H2,1-2H3. The summed E-state index contributed by atoms with van der Waals surface area (Å²) in [6.45, 7) is 0. The number of esters is 2. The summed E-state index contributed by atoms with van der Waals surface area (Å²) in [6, 6.07) is 8.65. The molecule has 0 N–H and O–H groups in total. The lowest BCUT2D eigenvalue weighted by Crippen LogP contribution is -2.17. The van der Waals surface area contributed by atoms with E-state index in [0.717, 1.165) is 36.8 Å². The highest BCUT2D eigenvalue weighted by atomic mass is 16.5. The van der Waals surface area contributed by atoms with Gasteiger partial charge in [-0.1, -0.05) is 24.3 Å². The molecule has 0 saturated carbocycles. The molecule has 0 radical (unpaired) electrons. The van der Waals surface area contributed by atoms with Gasteiger partial charge in [0, 0.05) is 0 Å². The van der Waals surface area contributed by atoms with Gasteiger partial charge in [0.25, 0.3) is 0 Å². The van der Waals surface area contributed by atoms with Crippen molar-refractivity contribution in [1.29, 1.82) is 0 Å². The Bertz CT molecular complexity index is 785. The van der Waals surface area contributed by atoms with Crippen LogP contribution in [-0.4, -0.2) is 26.2 Å². The van der Waals surface area contributed by atoms with E-state index >= 15 is 0 Å². The van der Waals surface area contributed by atoms with Crippen LogP contribution in [0.4, 0.5) is 0 Å². The Labute approximate surface area is 153 Å². The second-order valence-corrected chi connectivity index (χ2v) is 7.08. The van der Waals surface area contributed by atoms with Gasteiger partial charge in [-0.15, -0.1) is 0 Å². The van der Waals surface area contributed by atoms with Crippen LogP contribution in [0.15, 0.2) is 24.3 Å². The SMILES string of the molecule is COC(=O)Cc1cc2c3c(c1)CCc1cc(CC(=O)OC)cc(c1-3)CC2. The van der Waals surface area contributed by atoms with Crippen LogP contribution in [0.25, 0.3) is 11.1 Å². The van der Waals surface area contributed by atoms with Crippen molar-refractivity contribution >= 4 is 11.9 Å². The van der Waals surface area contributed by atoms with Crippen molar-refractivity contribution in [2.75, 3.05) is 14.2 Å². The van der Waals surface area contributed by atoms with Crippen LogP contribution in [0, 0.1) is 0 Å². The van der Waals surface area contributed by atoms with Crippen LogP contribution in [-0.2, 0) is 57.6 Å². The fourth-order valence-corrected chi connectivity index (χ4v) is 4.33. The quantitative estimate of drug-likeness (QED) is 0.796. The van der Waals surface area contributed by atoms with Crippen molar-refractivity contribution in [2.45, 2.75) is 38.5 Å². The van der Waals surface area contributed by atoms with Crippen LogP contribution in [0.1, 0.15) is 33.4 Å². The number of carbonyl (C=O) groups excluding carboxylic acids is 2. The fraction of sp³-hybridized carbons (Fsp3) is 0.364. The molecule has 0 aromatic heterocycles. The number of ether oxygens (including phenoxy) is 2. The van der Waals surface area contributed by atoms with Gasteiger partial charge in [0.2, 0.25) is 0 Å². The predicted octanol–water partition coefficient (Wildman–Crippen LogP) is 2.98. The highest BCUT2D eigenvalue weighted by Gasteiger charge is 2.27. The Balaban J connectivity index is 1.77. The summed E-state index contributed by atoms with van der Waals surface area (Å²) in [5.41, 5.74) is 10.1. The van der Waals surface area contributed by atoms with E-state index in [9.17, 15) is 9.59 Å². The summed E-state index contributed by atoms with van der Waals surface area (Å²) in [5, 5.41) is 0. The van der Waals surface area contributed by atoms with Crippen molar-refractivity contribution in [3.8, 4) is 11.1 Å². The number of aryl methyl sites for hydroxylation is 4. The molecular weight excluding hydrogens is 328 g/mol. The molecule has 0 atom stereocenters. The molecule has 2 aromatic carbocycles. The maximum Gasteiger partial charge on any atom is 0.309 e. The Kier molecular flexibility index (Phi) is 4.27. The third kappa shape index (κ3) is 2.90. The van der Waals surface area contributed by atoms with Crippen molar-refractivity contribution < 1.29 is 19.1 Å². The molecule has 4 nitrogen and oxygen atoms in total. The molecule has 26 heavy (non-hydrogen) atoms. The maximum atomic E-state index is 11.6. The van der Waals surface area contributed by atoms with E-state index < -0.39 is 0 Å². The second kappa shape index (κ2) is 6.60. The Morgan fingerprint density at radius 2 is 1.00 bits per heavy atom. The number of carbonyl (C=O) groups is 2. The normalized spacial score (nSPS) is 13.8. The molecule has 0 heterocycles. The van der Waals surface area contributed by atoms with Gasteiger partial charge in [0.15, 0.2) is 0 Å². The summed E-state index contributed by atoms with van der Waals surface area (Å²) < 4.78 is 9.63. The molecule has 0 saturated heterocycles.